The van der Waals surface area contributed by atoms with Gasteiger partial charge in [0.1, 0.15) is 6.73 Å². The molecule has 0 unspecified atom stereocenters. The summed E-state index contributed by atoms with van der Waals surface area (Å²) in [6, 6.07) is -0.225. The SMILES string of the molecule is COCNC(=O)NCCCCl. The average Bonchev–Trinajstić information content (AvgIpc) is 2.01. The summed E-state index contributed by atoms with van der Waals surface area (Å²) < 4.78 is 4.62. The molecule has 2 N–H and O–H groups in total. The maximum absolute atomic E-state index is 10.7. The molecule has 0 aliphatic carbocycles. The molecule has 0 bridgehead atoms. The summed E-state index contributed by atoms with van der Waals surface area (Å²) in [6.07, 6.45) is 0.780. The fourth-order valence-electron chi connectivity index (χ4n) is 0.469. The minimum absolute atomic E-state index is 0.225. The van der Waals surface area contributed by atoms with Gasteiger partial charge in [-0.05, 0) is 6.42 Å². The van der Waals surface area contributed by atoms with Crippen LogP contribution in [0.15, 0.2) is 0 Å². The predicted molar refractivity (Wildman–Crippen MR) is 43.7 cm³/mol. The maximum atomic E-state index is 10.7. The van der Waals surface area contributed by atoms with Gasteiger partial charge in [0.25, 0.3) is 0 Å². The topological polar surface area (TPSA) is 50.4 Å². The first-order valence-corrected chi connectivity index (χ1v) is 3.91. The zero-order valence-corrected chi connectivity index (χ0v) is 7.28. The Morgan fingerprint density at radius 2 is 2.27 bits per heavy atom. The highest BCUT2D eigenvalue weighted by molar-refractivity contribution is 6.17. The van der Waals surface area contributed by atoms with Gasteiger partial charge in [0.05, 0.1) is 0 Å². The van der Waals surface area contributed by atoms with E-state index in [0.29, 0.717) is 12.4 Å². The highest BCUT2D eigenvalue weighted by Crippen LogP contribution is 1.80. The molecule has 0 rings (SSSR count). The number of carbonyl (C=O) groups excluding carboxylic acids is 1. The lowest BCUT2D eigenvalue weighted by Crippen LogP contribution is -2.37. The summed E-state index contributed by atoms with van der Waals surface area (Å²) in [4.78, 5) is 10.7. The van der Waals surface area contributed by atoms with Crippen molar-refractivity contribution in [3.63, 3.8) is 0 Å². The van der Waals surface area contributed by atoms with Gasteiger partial charge in [0, 0.05) is 19.5 Å². The van der Waals surface area contributed by atoms with Crippen LogP contribution in [-0.4, -0.2) is 32.3 Å². The van der Waals surface area contributed by atoms with Gasteiger partial charge in [0.2, 0.25) is 0 Å². The lowest BCUT2D eigenvalue weighted by atomic mass is 10.5. The van der Waals surface area contributed by atoms with Crippen molar-refractivity contribution in [3.05, 3.63) is 0 Å². The summed E-state index contributed by atoms with van der Waals surface area (Å²) >= 11 is 5.39. The first-order chi connectivity index (χ1) is 5.31. The normalized spacial score (nSPS) is 9.27. The minimum Gasteiger partial charge on any atom is -0.364 e. The van der Waals surface area contributed by atoms with Crippen LogP contribution < -0.4 is 10.6 Å². The third-order valence-corrected chi connectivity index (χ3v) is 1.24. The lowest BCUT2D eigenvalue weighted by Gasteiger charge is -2.04. The number of hydrogen-bond donors (Lipinski definition) is 2. The smallest absolute Gasteiger partial charge is 0.316 e. The molecular weight excluding hydrogens is 168 g/mol. The second-order valence-electron chi connectivity index (χ2n) is 1.91. The van der Waals surface area contributed by atoms with E-state index in [0.717, 1.165) is 6.42 Å². The van der Waals surface area contributed by atoms with Crippen molar-refractivity contribution in [2.24, 2.45) is 0 Å². The largest absolute Gasteiger partial charge is 0.364 e. The van der Waals surface area contributed by atoms with Crippen molar-refractivity contribution in [2.75, 3.05) is 26.3 Å². The number of nitrogens with one attached hydrogen (secondary N) is 2. The molecule has 5 heteroatoms. The van der Waals surface area contributed by atoms with Gasteiger partial charge in [-0.25, -0.2) is 4.79 Å². The summed E-state index contributed by atoms with van der Waals surface area (Å²) in [5.74, 6) is 0.560. The van der Waals surface area contributed by atoms with Gasteiger partial charge in [-0.2, -0.15) is 0 Å². The Labute approximate surface area is 71.2 Å². The molecule has 66 valence electrons. The number of urea groups is 1. The van der Waals surface area contributed by atoms with Gasteiger partial charge in [-0.1, -0.05) is 0 Å². The summed E-state index contributed by atoms with van der Waals surface area (Å²) in [5, 5.41) is 5.08. The Kier molecular flexibility index (Phi) is 7.29. The molecule has 0 saturated heterocycles. The average molecular weight is 181 g/mol. The van der Waals surface area contributed by atoms with E-state index in [1.807, 2.05) is 0 Å². The Morgan fingerprint density at radius 1 is 1.55 bits per heavy atom. The van der Waals surface area contributed by atoms with Gasteiger partial charge in [0.15, 0.2) is 0 Å². The van der Waals surface area contributed by atoms with Crippen LogP contribution in [0.4, 0.5) is 4.79 Å². The molecule has 0 atom stereocenters. The van der Waals surface area contributed by atoms with Crippen molar-refractivity contribution in [1.82, 2.24) is 10.6 Å². The highest BCUT2D eigenvalue weighted by Gasteiger charge is 1.95. The van der Waals surface area contributed by atoms with E-state index in [4.69, 9.17) is 11.6 Å². The van der Waals surface area contributed by atoms with Gasteiger partial charge in [-0.3, -0.25) is 0 Å². The molecule has 0 aromatic carbocycles. The molecule has 0 saturated carbocycles. The third kappa shape index (κ3) is 7.42. The Bertz CT molecular complexity index is 111. The van der Waals surface area contributed by atoms with Crippen LogP contribution in [0.1, 0.15) is 6.42 Å². The second kappa shape index (κ2) is 7.63. The number of rotatable bonds is 5. The van der Waals surface area contributed by atoms with Crippen molar-refractivity contribution >= 4 is 17.6 Å². The van der Waals surface area contributed by atoms with E-state index < -0.39 is 0 Å². The first kappa shape index (κ1) is 10.5. The standard InChI is InChI=1S/C6H13ClN2O2/c1-11-5-9-6(10)8-4-2-3-7/h2-5H2,1H3,(H2,8,9,10). The van der Waals surface area contributed by atoms with Crippen LogP contribution in [0.2, 0.25) is 0 Å². The fourth-order valence-corrected chi connectivity index (χ4v) is 0.603. The molecule has 0 aromatic heterocycles. The molecule has 0 heterocycles. The quantitative estimate of drug-likeness (QED) is 0.368. The fraction of sp³-hybridized carbons (Fsp3) is 0.833. The van der Waals surface area contributed by atoms with Crippen LogP contribution in [0.25, 0.3) is 0 Å². The van der Waals surface area contributed by atoms with Gasteiger partial charge >= 0.3 is 6.03 Å². The molecular formula is C6H13ClN2O2. The van der Waals surface area contributed by atoms with Crippen molar-refractivity contribution in [3.8, 4) is 0 Å². The molecule has 0 aliphatic heterocycles. The molecule has 0 aromatic rings. The zero-order chi connectivity index (χ0) is 8.53. The molecule has 11 heavy (non-hydrogen) atoms. The monoisotopic (exact) mass is 180 g/mol. The molecule has 0 spiro atoms. The second-order valence-corrected chi connectivity index (χ2v) is 2.29. The van der Waals surface area contributed by atoms with Gasteiger partial charge < -0.3 is 15.4 Å². The maximum Gasteiger partial charge on any atom is 0.316 e. The van der Waals surface area contributed by atoms with E-state index in [1.165, 1.54) is 7.11 Å². The highest BCUT2D eigenvalue weighted by atomic mass is 35.5. The van der Waals surface area contributed by atoms with E-state index >= 15 is 0 Å². The summed E-state index contributed by atoms with van der Waals surface area (Å²) in [7, 11) is 1.51. The summed E-state index contributed by atoms with van der Waals surface area (Å²) in [6.45, 7) is 0.825. The third-order valence-electron chi connectivity index (χ3n) is 0.973. The Balaban J connectivity index is 3.09. The van der Waals surface area contributed by atoms with Crippen LogP contribution in [0, 0.1) is 0 Å². The first-order valence-electron chi connectivity index (χ1n) is 3.38. The van der Waals surface area contributed by atoms with E-state index in [2.05, 4.69) is 15.4 Å². The molecule has 0 fully saturated rings. The number of halogens is 1. The Hall–Kier alpha value is -0.480. The number of hydrogen-bond acceptors (Lipinski definition) is 2. The van der Waals surface area contributed by atoms with Crippen molar-refractivity contribution in [2.45, 2.75) is 6.42 Å². The number of alkyl halides is 1. The predicted octanol–water partition coefficient (Wildman–Crippen LogP) is 0.518. The van der Waals surface area contributed by atoms with Crippen LogP contribution in [0.5, 0.6) is 0 Å². The van der Waals surface area contributed by atoms with Crippen LogP contribution in [-0.2, 0) is 4.74 Å². The van der Waals surface area contributed by atoms with E-state index in [-0.39, 0.29) is 12.8 Å². The zero-order valence-electron chi connectivity index (χ0n) is 6.52. The van der Waals surface area contributed by atoms with Gasteiger partial charge in [-0.15, -0.1) is 11.6 Å². The molecule has 0 radical (unpaired) electrons. The van der Waals surface area contributed by atoms with Crippen LogP contribution >= 0.6 is 11.6 Å². The molecule has 2 amide bonds. The van der Waals surface area contributed by atoms with E-state index in [9.17, 15) is 4.79 Å². The van der Waals surface area contributed by atoms with E-state index in [1.54, 1.807) is 0 Å². The lowest BCUT2D eigenvalue weighted by molar-refractivity contribution is 0.172. The van der Waals surface area contributed by atoms with Crippen molar-refractivity contribution in [1.29, 1.82) is 0 Å². The Morgan fingerprint density at radius 3 is 2.82 bits per heavy atom. The number of carbonyl (C=O) groups is 1. The number of amides is 2. The van der Waals surface area contributed by atoms with Crippen LogP contribution in [0.3, 0.4) is 0 Å². The van der Waals surface area contributed by atoms with Crippen molar-refractivity contribution < 1.29 is 9.53 Å². The number of ether oxygens (including phenoxy) is 1. The summed E-state index contributed by atoms with van der Waals surface area (Å²) in [5.41, 5.74) is 0. The molecule has 4 nitrogen and oxygen atoms in total. The number of methoxy groups -OCH3 is 1. The molecule has 0 aliphatic rings. The minimum atomic E-state index is -0.225.